The van der Waals surface area contributed by atoms with Crippen LogP contribution in [0.2, 0.25) is 0 Å². The highest BCUT2D eigenvalue weighted by atomic mass is 32.2. The topological polar surface area (TPSA) is 70.9 Å². The summed E-state index contributed by atoms with van der Waals surface area (Å²) < 4.78 is 0. The van der Waals surface area contributed by atoms with Gasteiger partial charge in [0.1, 0.15) is 0 Å². The Morgan fingerprint density at radius 1 is 1.20 bits per heavy atom. The third kappa shape index (κ3) is 2.41. The predicted octanol–water partition coefficient (Wildman–Crippen LogP) is 1.81. The van der Waals surface area contributed by atoms with Crippen LogP contribution in [0, 0.1) is 0 Å². The van der Waals surface area contributed by atoms with Crippen molar-refractivity contribution >= 4 is 23.7 Å². The molecule has 0 radical (unpaired) electrons. The summed E-state index contributed by atoms with van der Waals surface area (Å²) in [6, 6.07) is 8.64. The molecule has 0 saturated carbocycles. The van der Waals surface area contributed by atoms with Crippen molar-refractivity contribution in [3.05, 3.63) is 30.3 Å². The Bertz CT molecular complexity index is 419. The number of nitrogens with zero attached hydrogens (tertiary/aromatic N) is 2. The summed E-state index contributed by atoms with van der Waals surface area (Å²) in [6.07, 6.45) is 0. The van der Waals surface area contributed by atoms with Crippen LogP contribution in [0.15, 0.2) is 45.5 Å². The van der Waals surface area contributed by atoms with Crippen molar-refractivity contribution in [2.24, 2.45) is 10.2 Å². The molecule has 1 heterocycles. The van der Waals surface area contributed by atoms with Gasteiger partial charge in [-0.15, -0.1) is 0 Å². The summed E-state index contributed by atoms with van der Waals surface area (Å²) in [5.74, 6) is -0.427. The summed E-state index contributed by atoms with van der Waals surface area (Å²) in [7, 11) is 0. The molecule has 6 heteroatoms. The van der Waals surface area contributed by atoms with Crippen LogP contribution in [0.4, 0.5) is 4.79 Å². The quantitative estimate of drug-likeness (QED) is 0.827. The zero-order chi connectivity index (χ0) is 10.7. The van der Waals surface area contributed by atoms with E-state index >= 15 is 0 Å². The number of azo groups is 1. The number of rotatable bonds is 2. The second-order valence-electron chi connectivity index (χ2n) is 2.79. The molecule has 1 aliphatic heterocycles. The second kappa shape index (κ2) is 4.22. The predicted molar refractivity (Wildman–Crippen MR) is 54.5 cm³/mol. The van der Waals surface area contributed by atoms with Crippen LogP contribution < -0.4 is 5.32 Å². The first-order valence-corrected chi connectivity index (χ1v) is 5.11. The van der Waals surface area contributed by atoms with E-state index in [2.05, 4.69) is 15.5 Å². The molecule has 0 bridgehead atoms. The standard InChI is InChI=1S/C9H7N3O2S/c13-7-8(11-12-9(14)10-7)15-6-4-2-1-3-5-6/h1-5,8H,(H,10,13,14). The van der Waals surface area contributed by atoms with E-state index in [1.165, 1.54) is 11.8 Å². The van der Waals surface area contributed by atoms with E-state index in [0.29, 0.717) is 0 Å². The number of thioether (sulfide) groups is 1. The SMILES string of the molecule is O=C1N=NC(Sc2ccccc2)C(=O)N1. The van der Waals surface area contributed by atoms with E-state index in [4.69, 9.17) is 0 Å². The lowest BCUT2D eigenvalue weighted by Gasteiger charge is -2.12. The van der Waals surface area contributed by atoms with Crippen LogP contribution in [0.25, 0.3) is 0 Å². The normalized spacial score (nSPS) is 20.1. The van der Waals surface area contributed by atoms with E-state index in [-0.39, 0.29) is 0 Å². The molecule has 0 aliphatic carbocycles. The lowest BCUT2D eigenvalue weighted by Crippen LogP contribution is -2.37. The fraction of sp³-hybridized carbons (Fsp3) is 0.111. The summed E-state index contributed by atoms with van der Waals surface area (Å²) in [5, 5.41) is 8.32. The number of imide groups is 1. The van der Waals surface area contributed by atoms with Crippen molar-refractivity contribution < 1.29 is 9.59 Å². The molecule has 2 rings (SSSR count). The average Bonchev–Trinajstić information content (AvgIpc) is 2.24. The molecule has 0 spiro atoms. The first-order valence-electron chi connectivity index (χ1n) is 4.23. The smallest absolute Gasteiger partial charge is 0.272 e. The maximum atomic E-state index is 11.3. The van der Waals surface area contributed by atoms with Crippen molar-refractivity contribution in [1.29, 1.82) is 0 Å². The molecule has 3 amide bonds. The van der Waals surface area contributed by atoms with E-state index in [9.17, 15) is 9.59 Å². The number of carbonyl (C=O) groups is 2. The molecule has 1 atom stereocenters. The summed E-state index contributed by atoms with van der Waals surface area (Å²) >= 11 is 1.25. The lowest BCUT2D eigenvalue weighted by molar-refractivity contribution is -0.119. The Labute approximate surface area is 90.0 Å². The van der Waals surface area contributed by atoms with E-state index < -0.39 is 17.3 Å². The Kier molecular flexibility index (Phi) is 2.77. The van der Waals surface area contributed by atoms with Crippen LogP contribution >= 0.6 is 11.8 Å². The summed E-state index contributed by atoms with van der Waals surface area (Å²) in [6.45, 7) is 0. The fourth-order valence-electron chi connectivity index (χ4n) is 1.05. The molecule has 76 valence electrons. The molecule has 1 N–H and O–H groups in total. The largest absolute Gasteiger partial charge is 0.366 e. The number of urea groups is 1. The van der Waals surface area contributed by atoms with Crippen LogP contribution in [-0.2, 0) is 4.79 Å². The number of amides is 3. The van der Waals surface area contributed by atoms with Gasteiger partial charge in [-0.3, -0.25) is 10.1 Å². The van der Waals surface area contributed by atoms with Crippen molar-refractivity contribution in [3.8, 4) is 0 Å². The molecule has 15 heavy (non-hydrogen) atoms. The molecule has 0 saturated heterocycles. The lowest BCUT2D eigenvalue weighted by atomic mass is 10.4. The maximum Gasteiger partial charge on any atom is 0.366 e. The fourth-order valence-corrected chi connectivity index (χ4v) is 1.89. The Morgan fingerprint density at radius 2 is 1.93 bits per heavy atom. The number of nitrogens with one attached hydrogen (secondary N) is 1. The van der Waals surface area contributed by atoms with E-state index in [1.807, 2.05) is 30.3 Å². The third-order valence-corrected chi connectivity index (χ3v) is 2.77. The van der Waals surface area contributed by atoms with Gasteiger partial charge < -0.3 is 0 Å². The number of benzene rings is 1. The van der Waals surface area contributed by atoms with E-state index in [1.54, 1.807) is 0 Å². The highest BCUT2D eigenvalue weighted by Crippen LogP contribution is 2.25. The highest BCUT2D eigenvalue weighted by molar-refractivity contribution is 8.00. The van der Waals surface area contributed by atoms with Crippen molar-refractivity contribution in [1.82, 2.24) is 5.32 Å². The first-order chi connectivity index (χ1) is 7.25. The molecule has 1 unspecified atom stereocenters. The molecule has 1 aromatic rings. The van der Waals surface area contributed by atoms with Gasteiger partial charge in [-0.1, -0.05) is 35.1 Å². The molecular weight excluding hydrogens is 214 g/mol. The Balaban J connectivity index is 2.10. The van der Waals surface area contributed by atoms with Crippen LogP contribution in [-0.4, -0.2) is 17.3 Å². The number of hydrogen-bond acceptors (Lipinski definition) is 4. The zero-order valence-electron chi connectivity index (χ0n) is 7.58. The molecule has 1 aromatic carbocycles. The van der Waals surface area contributed by atoms with Gasteiger partial charge >= 0.3 is 6.03 Å². The monoisotopic (exact) mass is 221 g/mol. The van der Waals surface area contributed by atoms with Crippen LogP contribution in [0.1, 0.15) is 0 Å². The van der Waals surface area contributed by atoms with Gasteiger partial charge in [0, 0.05) is 4.90 Å². The van der Waals surface area contributed by atoms with Gasteiger partial charge in [0.2, 0.25) is 0 Å². The molecular formula is C9H7N3O2S. The highest BCUT2D eigenvalue weighted by Gasteiger charge is 2.25. The Morgan fingerprint density at radius 3 is 2.60 bits per heavy atom. The third-order valence-electron chi connectivity index (χ3n) is 1.70. The minimum Gasteiger partial charge on any atom is -0.272 e. The van der Waals surface area contributed by atoms with Gasteiger partial charge in [-0.05, 0) is 12.1 Å². The average molecular weight is 221 g/mol. The van der Waals surface area contributed by atoms with Crippen LogP contribution in [0.5, 0.6) is 0 Å². The minimum absolute atomic E-state index is 0.427. The van der Waals surface area contributed by atoms with Crippen molar-refractivity contribution in [2.45, 2.75) is 10.3 Å². The zero-order valence-corrected chi connectivity index (χ0v) is 8.40. The molecule has 0 aromatic heterocycles. The van der Waals surface area contributed by atoms with Crippen LogP contribution in [0.3, 0.4) is 0 Å². The maximum absolute atomic E-state index is 11.3. The van der Waals surface area contributed by atoms with Gasteiger partial charge in [-0.2, -0.15) is 5.11 Å². The van der Waals surface area contributed by atoms with E-state index in [0.717, 1.165) is 4.90 Å². The van der Waals surface area contributed by atoms with Crippen molar-refractivity contribution in [2.75, 3.05) is 0 Å². The second-order valence-corrected chi connectivity index (χ2v) is 3.95. The molecule has 1 aliphatic rings. The number of carbonyl (C=O) groups excluding carboxylic acids is 2. The first kappa shape index (κ1) is 9.85. The Hall–Kier alpha value is -1.69. The van der Waals surface area contributed by atoms with Gasteiger partial charge in [0.15, 0.2) is 5.37 Å². The molecule has 0 fully saturated rings. The van der Waals surface area contributed by atoms with Gasteiger partial charge in [-0.25, -0.2) is 4.79 Å². The van der Waals surface area contributed by atoms with Crippen molar-refractivity contribution in [3.63, 3.8) is 0 Å². The summed E-state index contributed by atoms with van der Waals surface area (Å²) in [5.41, 5.74) is 0. The number of hydrogen-bond donors (Lipinski definition) is 1. The molecule has 5 nitrogen and oxygen atoms in total. The summed E-state index contributed by atoms with van der Waals surface area (Å²) in [4.78, 5) is 22.9. The van der Waals surface area contributed by atoms with Gasteiger partial charge in [0.05, 0.1) is 0 Å². The van der Waals surface area contributed by atoms with Gasteiger partial charge in [0.25, 0.3) is 5.91 Å². The minimum atomic E-state index is -0.704.